The lowest BCUT2D eigenvalue weighted by molar-refractivity contribution is 0.855. The van der Waals surface area contributed by atoms with Gasteiger partial charge in [0.15, 0.2) is 0 Å². The Kier molecular flexibility index (Phi) is 1.92. The summed E-state index contributed by atoms with van der Waals surface area (Å²) in [6.07, 6.45) is 5.31. The standard InChI is InChI=1S/C12H14N4O/c1-7(2)8-6-15(3)10-9(8)14-12-13-4-5-16(12)11(10)17/h4-7H,1-3H3,(H,13,14). The van der Waals surface area contributed by atoms with Crippen molar-refractivity contribution in [2.45, 2.75) is 19.8 Å². The molecule has 0 aromatic carbocycles. The molecule has 0 saturated carbocycles. The highest BCUT2D eigenvalue weighted by atomic mass is 16.1. The van der Waals surface area contributed by atoms with Gasteiger partial charge in [0.05, 0.1) is 5.52 Å². The van der Waals surface area contributed by atoms with E-state index in [1.165, 1.54) is 4.40 Å². The topological polar surface area (TPSA) is 55.1 Å². The molecule has 0 saturated heterocycles. The Bertz CT molecular complexity index is 760. The first-order chi connectivity index (χ1) is 8.09. The second kappa shape index (κ2) is 3.23. The molecule has 3 aromatic rings. The fraction of sp³-hybridized carbons (Fsp3) is 0.333. The highest BCUT2D eigenvalue weighted by molar-refractivity contribution is 5.81. The summed E-state index contributed by atoms with van der Waals surface area (Å²) < 4.78 is 3.41. The summed E-state index contributed by atoms with van der Waals surface area (Å²) in [6, 6.07) is 0. The van der Waals surface area contributed by atoms with Crippen molar-refractivity contribution < 1.29 is 0 Å². The zero-order valence-corrected chi connectivity index (χ0v) is 10.1. The molecular weight excluding hydrogens is 216 g/mol. The first-order valence-corrected chi connectivity index (χ1v) is 5.64. The van der Waals surface area contributed by atoms with Crippen molar-refractivity contribution >= 4 is 16.8 Å². The summed E-state index contributed by atoms with van der Waals surface area (Å²) in [4.78, 5) is 19.7. The molecule has 0 atom stereocenters. The molecule has 3 heterocycles. The number of fused-ring (bicyclic) bond motifs is 2. The Hall–Kier alpha value is -2.04. The molecule has 0 aliphatic rings. The average molecular weight is 230 g/mol. The van der Waals surface area contributed by atoms with Gasteiger partial charge in [0.2, 0.25) is 5.78 Å². The smallest absolute Gasteiger partial charge is 0.283 e. The lowest BCUT2D eigenvalue weighted by Crippen LogP contribution is -2.15. The van der Waals surface area contributed by atoms with Crippen LogP contribution in [0.4, 0.5) is 0 Å². The van der Waals surface area contributed by atoms with E-state index in [4.69, 9.17) is 0 Å². The van der Waals surface area contributed by atoms with E-state index in [0.29, 0.717) is 17.2 Å². The van der Waals surface area contributed by atoms with Crippen LogP contribution < -0.4 is 5.56 Å². The molecule has 17 heavy (non-hydrogen) atoms. The number of imidazole rings is 1. The third kappa shape index (κ3) is 1.25. The van der Waals surface area contributed by atoms with E-state index in [0.717, 1.165) is 11.1 Å². The van der Waals surface area contributed by atoms with Crippen LogP contribution in [0.5, 0.6) is 0 Å². The monoisotopic (exact) mass is 230 g/mol. The normalized spacial score (nSPS) is 12.0. The van der Waals surface area contributed by atoms with Crippen LogP contribution in [-0.4, -0.2) is 18.9 Å². The summed E-state index contributed by atoms with van der Waals surface area (Å²) in [5.74, 6) is 0.961. The van der Waals surface area contributed by atoms with Gasteiger partial charge >= 0.3 is 0 Å². The van der Waals surface area contributed by atoms with Gasteiger partial charge in [0, 0.05) is 25.6 Å². The Morgan fingerprint density at radius 2 is 2.18 bits per heavy atom. The van der Waals surface area contributed by atoms with Crippen molar-refractivity contribution in [2.24, 2.45) is 7.05 Å². The fourth-order valence-electron chi connectivity index (χ4n) is 2.26. The maximum absolute atomic E-state index is 12.3. The third-order valence-electron chi connectivity index (χ3n) is 3.13. The molecule has 5 heteroatoms. The number of nitrogens with one attached hydrogen (secondary N) is 1. The van der Waals surface area contributed by atoms with E-state index in [-0.39, 0.29) is 5.56 Å². The predicted molar refractivity (Wildman–Crippen MR) is 66.4 cm³/mol. The van der Waals surface area contributed by atoms with Gasteiger partial charge in [-0.3, -0.25) is 9.20 Å². The van der Waals surface area contributed by atoms with Crippen molar-refractivity contribution in [3.8, 4) is 0 Å². The lowest BCUT2D eigenvalue weighted by Gasteiger charge is -2.02. The van der Waals surface area contributed by atoms with Crippen LogP contribution in [0.1, 0.15) is 25.3 Å². The van der Waals surface area contributed by atoms with Crippen LogP contribution in [0, 0.1) is 0 Å². The molecule has 0 unspecified atom stereocenters. The van der Waals surface area contributed by atoms with E-state index in [1.807, 2.05) is 17.8 Å². The number of aromatic amines is 1. The Morgan fingerprint density at radius 3 is 2.88 bits per heavy atom. The molecule has 0 spiro atoms. The van der Waals surface area contributed by atoms with Gasteiger partial charge in [-0.15, -0.1) is 0 Å². The van der Waals surface area contributed by atoms with Crippen LogP contribution in [0.3, 0.4) is 0 Å². The highest BCUT2D eigenvalue weighted by Crippen LogP contribution is 2.23. The molecule has 0 amide bonds. The molecule has 0 fully saturated rings. The first kappa shape index (κ1) is 10.1. The Morgan fingerprint density at radius 1 is 1.41 bits per heavy atom. The van der Waals surface area contributed by atoms with Gasteiger partial charge in [0.25, 0.3) is 5.56 Å². The van der Waals surface area contributed by atoms with E-state index in [1.54, 1.807) is 12.4 Å². The lowest BCUT2D eigenvalue weighted by atomic mass is 10.1. The largest absolute Gasteiger partial charge is 0.345 e. The fourth-order valence-corrected chi connectivity index (χ4v) is 2.26. The number of rotatable bonds is 1. The summed E-state index contributed by atoms with van der Waals surface area (Å²) in [5, 5.41) is 0. The third-order valence-corrected chi connectivity index (χ3v) is 3.13. The number of hydrogen-bond donors (Lipinski definition) is 1. The number of aromatic nitrogens is 4. The molecule has 5 nitrogen and oxygen atoms in total. The van der Waals surface area contributed by atoms with Crippen LogP contribution in [0.2, 0.25) is 0 Å². The van der Waals surface area contributed by atoms with Crippen molar-refractivity contribution in [1.82, 2.24) is 18.9 Å². The summed E-state index contributed by atoms with van der Waals surface area (Å²) in [6.45, 7) is 4.23. The first-order valence-electron chi connectivity index (χ1n) is 5.64. The Balaban J connectivity index is 2.58. The van der Waals surface area contributed by atoms with Crippen LogP contribution in [-0.2, 0) is 7.05 Å². The SMILES string of the molecule is CC(C)c1cn(C)c2c(=O)n3ccnc3[nH]c12. The van der Waals surface area contributed by atoms with Crippen molar-refractivity contribution in [2.75, 3.05) is 0 Å². The van der Waals surface area contributed by atoms with Crippen molar-refractivity contribution in [3.63, 3.8) is 0 Å². The Labute approximate surface area is 97.7 Å². The molecule has 3 rings (SSSR count). The predicted octanol–water partition coefficient (Wildman–Crippen LogP) is 1.64. The minimum absolute atomic E-state index is 0.0272. The molecule has 0 aliphatic carbocycles. The molecule has 3 aromatic heterocycles. The molecule has 0 bridgehead atoms. The quantitative estimate of drug-likeness (QED) is 0.691. The molecule has 88 valence electrons. The molecular formula is C12H14N4O. The van der Waals surface area contributed by atoms with E-state index < -0.39 is 0 Å². The van der Waals surface area contributed by atoms with Gasteiger partial charge in [-0.05, 0) is 11.5 Å². The second-order valence-corrected chi connectivity index (χ2v) is 4.62. The zero-order chi connectivity index (χ0) is 12.2. The highest BCUT2D eigenvalue weighted by Gasteiger charge is 2.15. The maximum Gasteiger partial charge on any atom is 0.283 e. The average Bonchev–Trinajstić information content (AvgIpc) is 2.84. The van der Waals surface area contributed by atoms with Crippen molar-refractivity contribution in [3.05, 3.63) is 34.5 Å². The molecule has 0 aliphatic heterocycles. The van der Waals surface area contributed by atoms with Gasteiger partial charge in [-0.1, -0.05) is 13.8 Å². The number of hydrogen-bond acceptors (Lipinski definition) is 2. The summed E-state index contributed by atoms with van der Waals surface area (Å²) in [5.41, 5.74) is 2.70. The number of H-pyrrole nitrogens is 1. The minimum atomic E-state index is -0.0272. The summed E-state index contributed by atoms with van der Waals surface area (Å²) >= 11 is 0. The summed E-state index contributed by atoms with van der Waals surface area (Å²) in [7, 11) is 1.90. The van der Waals surface area contributed by atoms with Gasteiger partial charge in [-0.2, -0.15) is 0 Å². The van der Waals surface area contributed by atoms with E-state index in [9.17, 15) is 4.79 Å². The molecule has 1 N–H and O–H groups in total. The second-order valence-electron chi connectivity index (χ2n) is 4.62. The van der Waals surface area contributed by atoms with Crippen LogP contribution >= 0.6 is 0 Å². The van der Waals surface area contributed by atoms with Gasteiger partial charge < -0.3 is 9.55 Å². The van der Waals surface area contributed by atoms with Crippen molar-refractivity contribution in [1.29, 1.82) is 0 Å². The zero-order valence-electron chi connectivity index (χ0n) is 10.1. The van der Waals surface area contributed by atoms with Gasteiger partial charge in [0.1, 0.15) is 5.52 Å². The maximum atomic E-state index is 12.3. The minimum Gasteiger partial charge on any atom is -0.345 e. The van der Waals surface area contributed by atoms with Crippen LogP contribution in [0.15, 0.2) is 23.4 Å². The number of aryl methyl sites for hydroxylation is 1. The van der Waals surface area contributed by atoms with E-state index in [2.05, 4.69) is 23.8 Å². The molecule has 0 radical (unpaired) electrons. The number of nitrogens with zero attached hydrogens (tertiary/aromatic N) is 3. The van der Waals surface area contributed by atoms with Gasteiger partial charge in [-0.25, -0.2) is 4.98 Å². The van der Waals surface area contributed by atoms with E-state index >= 15 is 0 Å². The van der Waals surface area contributed by atoms with Crippen LogP contribution in [0.25, 0.3) is 16.8 Å².